The predicted molar refractivity (Wildman–Crippen MR) is 119 cm³/mol. The molecule has 1 aliphatic rings. The molecule has 3 aromatic rings. The number of pyridine rings is 2. The summed E-state index contributed by atoms with van der Waals surface area (Å²) in [5, 5.41) is 4.98. The first kappa shape index (κ1) is 20.3. The number of hydrogen-bond donors (Lipinski definition) is 0. The van der Waals surface area contributed by atoms with Crippen LogP contribution in [-0.2, 0) is 0 Å². The summed E-state index contributed by atoms with van der Waals surface area (Å²) in [7, 11) is 5.59. The summed E-state index contributed by atoms with van der Waals surface area (Å²) in [5.74, 6) is 3.89. The third-order valence-electron chi connectivity index (χ3n) is 5.98. The van der Waals surface area contributed by atoms with Gasteiger partial charge in [0.05, 0.1) is 13.2 Å². The van der Waals surface area contributed by atoms with Gasteiger partial charge in [0.15, 0.2) is 11.6 Å². The van der Waals surface area contributed by atoms with Gasteiger partial charge in [-0.1, -0.05) is 32.4 Å². The lowest BCUT2D eigenvalue weighted by molar-refractivity contribution is 0.172. The highest BCUT2D eigenvalue weighted by Gasteiger charge is 2.33. The van der Waals surface area contributed by atoms with Crippen molar-refractivity contribution in [3.8, 4) is 28.9 Å². The zero-order valence-electron chi connectivity index (χ0n) is 18.4. The summed E-state index contributed by atoms with van der Waals surface area (Å²) < 4.78 is 7.44. The Labute approximate surface area is 178 Å². The standard InChI is InChI=1S/C23H30N6O/c1-15-9-6-10-16(2)21(15)29-23(18-12-8-14-20(25-18)30-5)26-22(27-29)17-11-7-13-19(24-17)28(3)4/h7-8,11-16,21H,6,9-10H2,1-5H3. The van der Waals surface area contributed by atoms with Crippen LogP contribution < -0.4 is 9.64 Å². The molecule has 4 rings (SSSR count). The van der Waals surface area contributed by atoms with Crippen molar-refractivity contribution in [2.45, 2.75) is 39.2 Å². The van der Waals surface area contributed by atoms with Gasteiger partial charge in [-0.05, 0) is 42.9 Å². The second-order valence-corrected chi connectivity index (χ2v) is 8.42. The van der Waals surface area contributed by atoms with E-state index in [0.29, 0.717) is 23.5 Å². The highest BCUT2D eigenvalue weighted by molar-refractivity contribution is 5.59. The number of anilines is 1. The van der Waals surface area contributed by atoms with E-state index in [-0.39, 0.29) is 6.04 Å². The van der Waals surface area contributed by atoms with Crippen LogP contribution in [0, 0.1) is 11.8 Å². The van der Waals surface area contributed by atoms with E-state index in [1.54, 1.807) is 7.11 Å². The molecule has 0 spiro atoms. The molecule has 2 unspecified atom stereocenters. The Morgan fingerprint density at radius 2 is 1.63 bits per heavy atom. The van der Waals surface area contributed by atoms with Crippen LogP contribution in [0.3, 0.4) is 0 Å². The molecule has 30 heavy (non-hydrogen) atoms. The molecule has 0 amide bonds. The summed E-state index contributed by atoms with van der Waals surface area (Å²) >= 11 is 0. The van der Waals surface area contributed by atoms with E-state index in [9.17, 15) is 0 Å². The molecule has 0 radical (unpaired) electrons. The van der Waals surface area contributed by atoms with Crippen molar-refractivity contribution in [2.24, 2.45) is 11.8 Å². The van der Waals surface area contributed by atoms with Gasteiger partial charge in [0, 0.05) is 20.2 Å². The van der Waals surface area contributed by atoms with Crippen molar-refractivity contribution in [1.29, 1.82) is 0 Å². The summed E-state index contributed by atoms with van der Waals surface area (Å²) in [6.45, 7) is 4.63. The van der Waals surface area contributed by atoms with Gasteiger partial charge in [0.1, 0.15) is 17.2 Å². The Balaban J connectivity index is 1.86. The normalized spacial score (nSPS) is 21.4. The van der Waals surface area contributed by atoms with Gasteiger partial charge in [0.25, 0.3) is 0 Å². The zero-order valence-corrected chi connectivity index (χ0v) is 18.4. The zero-order chi connectivity index (χ0) is 21.3. The average molecular weight is 407 g/mol. The van der Waals surface area contributed by atoms with Crippen molar-refractivity contribution in [3.63, 3.8) is 0 Å². The second kappa shape index (κ2) is 8.42. The molecule has 0 N–H and O–H groups in total. The first-order valence-electron chi connectivity index (χ1n) is 10.6. The van der Waals surface area contributed by atoms with E-state index in [1.807, 2.05) is 55.4 Å². The highest BCUT2D eigenvalue weighted by Crippen LogP contribution is 2.40. The summed E-state index contributed by atoms with van der Waals surface area (Å²) in [4.78, 5) is 16.3. The van der Waals surface area contributed by atoms with Crippen molar-refractivity contribution < 1.29 is 4.74 Å². The molecular weight excluding hydrogens is 376 g/mol. The Hall–Kier alpha value is -2.96. The van der Waals surface area contributed by atoms with Crippen LogP contribution in [0.1, 0.15) is 39.2 Å². The molecule has 7 nitrogen and oxygen atoms in total. The maximum Gasteiger partial charge on any atom is 0.213 e. The first-order valence-corrected chi connectivity index (χ1v) is 10.6. The lowest BCUT2D eigenvalue weighted by Gasteiger charge is -2.35. The van der Waals surface area contributed by atoms with Crippen LogP contribution in [-0.4, -0.2) is 45.9 Å². The van der Waals surface area contributed by atoms with E-state index in [4.69, 9.17) is 19.8 Å². The largest absolute Gasteiger partial charge is 0.481 e. The van der Waals surface area contributed by atoms with Gasteiger partial charge in [0.2, 0.25) is 5.88 Å². The number of hydrogen-bond acceptors (Lipinski definition) is 6. The number of nitrogens with zero attached hydrogens (tertiary/aromatic N) is 6. The van der Waals surface area contributed by atoms with Gasteiger partial charge in [-0.25, -0.2) is 19.6 Å². The fourth-order valence-electron chi connectivity index (χ4n) is 4.41. The number of ether oxygens (including phenoxy) is 1. The number of rotatable bonds is 5. The topological polar surface area (TPSA) is 69.0 Å². The molecule has 0 bridgehead atoms. The molecule has 7 heteroatoms. The average Bonchev–Trinajstić information content (AvgIpc) is 3.19. The van der Waals surface area contributed by atoms with Crippen LogP contribution in [0.2, 0.25) is 0 Å². The maximum absolute atomic E-state index is 5.35. The number of aromatic nitrogens is 5. The van der Waals surface area contributed by atoms with Crippen molar-refractivity contribution in [1.82, 2.24) is 24.7 Å². The minimum atomic E-state index is 0.278. The molecule has 1 aliphatic carbocycles. The molecule has 1 saturated carbocycles. The quantitative estimate of drug-likeness (QED) is 0.622. The van der Waals surface area contributed by atoms with E-state index in [0.717, 1.165) is 23.0 Å². The molecule has 3 heterocycles. The van der Waals surface area contributed by atoms with E-state index >= 15 is 0 Å². The molecule has 0 saturated heterocycles. The fraction of sp³-hybridized carbons (Fsp3) is 0.478. The van der Waals surface area contributed by atoms with Crippen LogP contribution >= 0.6 is 0 Å². The van der Waals surface area contributed by atoms with Gasteiger partial charge in [-0.3, -0.25) is 0 Å². The SMILES string of the molecule is COc1cccc(-c2nc(-c3cccc(N(C)C)n3)nn2C2C(C)CCCC2C)n1. The van der Waals surface area contributed by atoms with E-state index < -0.39 is 0 Å². The van der Waals surface area contributed by atoms with Crippen LogP contribution in [0.15, 0.2) is 36.4 Å². The summed E-state index contributed by atoms with van der Waals surface area (Å²) in [6.07, 6.45) is 3.66. The Morgan fingerprint density at radius 1 is 0.933 bits per heavy atom. The number of methoxy groups -OCH3 is 1. The smallest absolute Gasteiger partial charge is 0.213 e. The first-order chi connectivity index (χ1) is 14.5. The van der Waals surface area contributed by atoms with Crippen molar-refractivity contribution >= 4 is 5.82 Å². The van der Waals surface area contributed by atoms with Crippen LogP contribution in [0.4, 0.5) is 5.82 Å². The lowest BCUT2D eigenvalue weighted by atomic mass is 9.79. The van der Waals surface area contributed by atoms with Crippen molar-refractivity contribution in [2.75, 3.05) is 26.1 Å². The third kappa shape index (κ3) is 3.88. The second-order valence-electron chi connectivity index (χ2n) is 8.42. The maximum atomic E-state index is 5.35. The predicted octanol–water partition coefficient (Wildman–Crippen LogP) is 4.47. The Bertz CT molecular complexity index is 1000. The molecular formula is C23H30N6O. The Morgan fingerprint density at radius 3 is 2.33 bits per heavy atom. The van der Waals surface area contributed by atoms with Gasteiger partial charge in [-0.2, -0.15) is 0 Å². The van der Waals surface area contributed by atoms with Crippen LogP contribution in [0.5, 0.6) is 5.88 Å². The minimum Gasteiger partial charge on any atom is -0.481 e. The highest BCUT2D eigenvalue weighted by atomic mass is 16.5. The minimum absolute atomic E-state index is 0.278. The summed E-state index contributed by atoms with van der Waals surface area (Å²) in [5.41, 5.74) is 1.53. The molecule has 0 aromatic carbocycles. The van der Waals surface area contributed by atoms with Gasteiger partial charge in [-0.15, -0.1) is 5.10 Å². The van der Waals surface area contributed by atoms with Crippen molar-refractivity contribution in [3.05, 3.63) is 36.4 Å². The van der Waals surface area contributed by atoms with Gasteiger partial charge < -0.3 is 9.64 Å². The van der Waals surface area contributed by atoms with E-state index in [1.165, 1.54) is 19.3 Å². The molecule has 2 atom stereocenters. The van der Waals surface area contributed by atoms with Gasteiger partial charge >= 0.3 is 0 Å². The monoisotopic (exact) mass is 406 g/mol. The molecule has 1 fully saturated rings. The molecule has 0 aliphatic heterocycles. The summed E-state index contributed by atoms with van der Waals surface area (Å²) in [6, 6.07) is 12.0. The van der Waals surface area contributed by atoms with E-state index in [2.05, 4.69) is 23.5 Å². The molecule has 158 valence electrons. The van der Waals surface area contributed by atoms with Crippen LogP contribution in [0.25, 0.3) is 23.0 Å². The lowest BCUT2D eigenvalue weighted by Crippen LogP contribution is -2.29. The molecule has 3 aromatic heterocycles. The Kier molecular flexibility index (Phi) is 5.70. The fourth-order valence-corrected chi connectivity index (χ4v) is 4.41. The third-order valence-corrected chi connectivity index (χ3v) is 5.98.